The lowest BCUT2D eigenvalue weighted by molar-refractivity contribution is -0.138. The average molecular weight is 1010 g/mol. The van der Waals surface area contributed by atoms with Gasteiger partial charge in [-0.1, -0.05) is 144 Å². The third-order valence-corrected chi connectivity index (χ3v) is 22.6. The lowest BCUT2D eigenvalue weighted by atomic mass is 10.4. The molecule has 0 rings (SSSR count). The van der Waals surface area contributed by atoms with E-state index in [-0.39, 0.29) is 6.61 Å². The largest absolute Gasteiger partial charge is 0.474 e. The Kier molecular flexibility index (Phi) is 14.5. The van der Waals surface area contributed by atoms with Crippen molar-refractivity contribution in [1.82, 2.24) is 0 Å². The summed E-state index contributed by atoms with van der Waals surface area (Å²) in [4.78, 5) is 11.5. The van der Waals surface area contributed by atoms with Crippen molar-refractivity contribution >= 4 is 165 Å². The number of halogens is 9. The number of carbonyl (C=O) groups is 1. The summed E-state index contributed by atoms with van der Waals surface area (Å²) in [7, 11) is -3.25. The van der Waals surface area contributed by atoms with E-state index in [9.17, 15) is 4.79 Å². The predicted octanol–water partition coefficient (Wildman–Crippen LogP) is 7.35. The molecule has 0 radical (unpaired) electrons. The summed E-state index contributed by atoms with van der Waals surface area (Å²) in [6, 6.07) is 0.406. The van der Waals surface area contributed by atoms with Crippen molar-refractivity contribution in [2.75, 3.05) is 6.61 Å². The van der Waals surface area contributed by atoms with Gasteiger partial charge in [-0.25, -0.2) is 4.79 Å². The van der Waals surface area contributed by atoms with E-state index in [0.29, 0.717) is 18.0 Å². The highest BCUT2D eigenvalue weighted by Crippen LogP contribution is 2.43. The van der Waals surface area contributed by atoms with Crippen LogP contribution in [0, 0.1) is 0 Å². The van der Waals surface area contributed by atoms with Crippen LogP contribution < -0.4 is 0 Å². The number of esters is 1. The van der Waals surface area contributed by atoms with Gasteiger partial charge in [0.1, 0.15) is 0 Å². The first-order chi connectivity index (χ1) is 10.9. The molecule has 0 N–H and O–H groups in total. The zero-order valence-corrected chi connectivity index (χ0v) is 30.5. The molecule has 0 aromatic heterocycles. The quantitative estimate of drug-likeness (QED) is 0.0714. The first kappa shape index (κ1) is 29.3. The minimum Gasteiger partial charge on any atom is -0.462 e. The lowest BCUT2D eigenvalue weighted by Crippen LogP contribution is -2.56. The van der Waals surface area contributed by atoms with E-state index in [1.165, 1.54) is 0 Å². The van der Waals surface area contributed by atoms with Gasteiger partial charge in [0.15, 0.2) is 0 Å². The smallest absolute Gasteiger partial charge is 0.462 e. The van der Waals surface area contributed by atoms with Crippen molar-refractivity contribution in [2.24, 2.45) is 0 Å². The van der Waals surface area contributed by atoms with E-state index in [4.69, 9.17) is 17.1 Å². The summed E-state index contributed by atoms with van der Waals surface area (Å²) in [5.41, 5.74) is 0.348. The Morgan fingerprint density at radius 3 is 1.48 bits per heavy atom. The van der Waals surface area contributed by atoms with Crippen molar-refractivity contribution in [1.29, 1.82) is 0 Å². The Hall–Kier alpha value is 4.28. The first-order valence-corrected chi connectivity index (χ1v) is 34.0. The molecular weight excluding hydrogens is 996 g/mol. The van der Waals surface area contributed by atoms with Gasteiger partial charge in [0, 0.05) is 11.6 Å². The number of hydrogen-bond donors (Lipinski definition) is 0. The Labute approximate surface area is 221 Å². The van der Waals surface area contributed by atoms with E-state index >= 15 is 0 Å². The van der Waals surface area contributed by atoms with Crippen LogP contribution in [0.2, 0.25) is 6.04 Å². The van der Waals surface area contributed by atoms with Crippen LogP contribution in [0.25, 0.3) is 0 Å². The molecule has 0 atom stereocenters. The highest BCUT2D eigenvalue weighted by Gasteiger charge is 2.55. The third-order valence-electron chi connectivity index (χ3n) is 2.02. The summed E-state index contributed by atoms with van der Waals surface area (Å²) < 4.78 is 15.9. The van der Waals surface area contributed by atoms with E-state index in [1.807, 2.05) is 0 Å². The molecule has 0 bridgehead atoms. The topological polar surface area (TPSA) is 54.0 Å². The standard InChI is InChI=1S/C7H11Br9O5Si4/c1-6(2)7(17)18-4-3-5-22(19-23(8,9)10,20-24(11,12)13)21-25(14,15)16/h1,3-5H2,2H3. The second-order valence-corrected chi connectivity index (χ2v) is 70.2. The Balaban J connectivity index is 5.30. The van der Waals surface area contributed by atoms with Gasteiger partial charge in [0.05, 0.1) is 6.61 Å². The molecule has 0 aromatic rings. The van der Waals surface area contributed by atoms with Gasteiger partial charge >= 0.3 is 27.3 Å². The minimum absolute atomic E-state index is 0.195. The molecule has 0 saturated heterocycles. The van der Waals surface area contributed by atoms with Crippen molar-refractivity contribution in [2.45, 2.75) is 19.4 Å². The Morgan fingerprint density at radius 2 is 1.20 bits per heavy atom. The van der Waals surface area contributed by atoms with Crippen LogP contribution in [0.15, 0.2) is 12.2 Å². The molecule has 0 heterocycles. The van der Waals surface area contributed by atoms with Crippen LogP contribution in [-0.4, -0.2) is 33.9 Å². The second kappa shape index (κ2) is 12.3. The average Bonchev–Trinajstić information content (AvgIpc) is 2.27. The van der Waals surface area contributed by atoms with Gasteiger partial charge in [0.25, 0.3) is 0 Å². The highest BCUT2D eigenvalue weighted by atomic mass is 80.0. The lowest BCUT2D eigenvalue weighted by Gasteiger charge is -2.37. The van der Waals surface area contributed by atoms with Crippen molar-refractivity contribution in [3.8, 4) is 0 Å². The summed E-state index contributed by atoms with van der Waals surface area (Å²) in [5.74, 6) is -0.435. The van der Waals surface area contributed by atoms with Gasteiger partial charge < -0.3 is 17.1 Å². The number of rotatable bonds is 11. The fraction of sp³-hybridized carbons (Fsp3) is 0.571. The number of hydrogen-bond acceptors (Lipinski definition) is 5. The van der Waals surface area contributed by atoms with Gasteiger partial charge in [-0.05, 0) is 13.3 Å². The van der Waals surface area contributed by atoms with Gasteiger partial charge in [0.2, 0.25) is 0 Å². The molecule has 0 spiro atoms. The maximum absolute atomic E-state index is 11.5. The zero-order valence-electron chi connectivity index (χ0n) is 12.3. The monoisotopic (exact) mass is 997 g/mol. The predicted molar refractivity (Wildman–Crippen MR) is 142 cm³/mol. The van der Waals surface area contributed by atoms with Crippen molar-refractivity contribution in [3.05, 3.63) is 12.2 Å². The molecule has 148 valence electrons. The van der Waals surface area contributed by atoms with E-state index in [0.717, 1.165) is 0 Å². The number of ether oxygens (including phenoxy) is 1. The van der Waals surface area contributed by atoms with Gasteiger partial charge in [-0.15, -0.1) is 0 Å². The van der Waals surface area contributed by atoms with Crippen LogP contribution in [0.1, 0.15) is 13.3 Å². The fourth-order valence-corrected chi connectivity index (χ4v) is 29.0. The van der Waals surface area contributed by atoms with Crippen molar-refractivity contribution in [3.63, 3.8) is 0 Å². The Bertz CT molecular complexity index is 436. The summed E-state index contributed by atoms with van der Waals surface area (Å²) >= 11 is 31.0. The molecule has 0 aliphatic carbocycles. The second-order valence-electron chi connectivity index (χ2n) is 4.35. The van der Waals surface area contributed by atoms with Gasteiger partial charge in [-0.3, -0.25) is 0 Å². The van der Waals surface area contributed by atoms with Crippen LogP contribution in [0.4, 0.5) is 0 Å². The molecule has 0 fully saturated rings. The minimum atomic E-state index is -3.25. The fourth-order valence-electron chi connectivity index (χ4n) is 1.32. The molecule has 18 heteroatoms. The first-order valence-electron chi connectivity index (χ1n) is 6.08. The molecule has 0 unspecified atom stereocenters. The maximum atomic E-state index is 11.5. The van der Waals surface area contributed by atoms with E-state index in [2.05, 4.69) is 144 Å². The molecular formula is C7H11Br9O5Si4. The SMILES string of the molecule is C=C(C)C(=O)OCCC[Si](O[Si](Br)(Br)Br)(O[Si](Br)(Br)Br)O[Si](Br)(Br)Br. The summed E-state index contributed by atoms with van der Waals surface area (Å²) in [6.07, 6.45) is 0.484. The third kappa shape index (κ3) is 16.6. The molecule has 0 amide bonds. The van der Waals surface area contributed by atoms with E-state index < -0.39 is 27.3 Å². The Morgan fingerprint density at radius 1 is 0.840 bits per heavy atom. The zero-order chi connectivity index (χ0) is 20.1. The molecule has 0 aliphatic heterocycles. The summed E-state index contributed by atoms with van der Waals surface area (Å²) in [5, 5.41) is 0. The molecule has 25 heavy (non-hydrogen) atoms. The summed E-state index contributed by atoms with van der Waals surface area (Å²) in [6.45, 7) is 5.34. The highest BCUT2D eigenvalue weighted by molar-refractivity contribution is 9.72. The van der Waals surface area contributed by atoms with Crippen LogP contribution >= 0.6 is 138 Å². The van der Waals surface area contributed by atoms with Gasteiger partial charge in [-0.2, -0.15) is 0 Å². The normalized spacial score (nSPS) is 13.7. The molecule has 0 aromatic carbocycles. The van der Waals surface area contributed by atoms with Crippen LogP contribution in [0.5, 0.6) is 0 Å². The maximum Gasteiger partial charge on any atom is 0.474 e. The van der Waals surface area contributed by atoms with Crippen molar-refractivity contribution < 1.29 is 21.9 Å². The molecule has 5 nitrogen and oxygen atoms in total. The number of carbonyl (C=O) groups excluding carboxylic acids is 1. The van der Waals surface area contributed by atoms with E-state index in [1.54, 1.807) is 6.92 Å². The molecule has 0 aliphatic rings. The van der Waals surface area contributed by atoms with Crippen LogP contribution in [-0.2, 0) is 21.9 Å². The van der Waals surface area contributed by atoms with Crippen LogP contribution in [0.3, 0.4) is 0 Å². The molecule has 0 saturated carbocycles.